The normalized spacial score (nSPS) is 16.6. The first-order valence-corrected chi connectivity index (χ1v) is 8.24. The van der Waals surface area contributed by atoms with Gasteiger partial charge in [0.2, 0.25) is 5.82 Å². The van der Waals surface area contributed by atoms with E-state index in [9.17, 15) is 19.3 Å². The van der Waals surface area contributed by atoms with E-state index in [2.05, 4.69) is 0 Å². The number of nitrogens with zero attached hydrogens (tertiary/aromatic N) is 3. The first-order valence-electron chi connectivity index (χ1n) is 8.24. The second-order valence-electron chi connectivity index (χ2n) is 7.15. The Morgan fingerprint density at radius 1 is 1.24 bits per heavy atom. The summed E-state index contributed by atoms with van der Waals surface area (Å²) in [6, 6.07) is 4.22. The van der Waals surface area contributed by atoms with Crippen molar-refractivity contribution in [3.8, 4) is 0 Å². The summed E-state index contributed by atoms with van der Waals surface area (Å²) in [4.78, 5) is 26.0. The van der Waals surface area contributed by atoms with Crippen LogP contribution >= 0.6 is 0 Å². The number of nitro groups is 1. The third-order valence-electron chi connectivity index (χ3n) is 3.89. The molecule has 2 rings (SSSR count). The number of carbonyl (C=O) groups is 1. The van der Waals surface area contributed by atoms with E-state index >= 15 is 0 Å². The summed E-state index contributed by atoms with van der Waals surface area (Å²) in [6.07, 6.45) is 0. The number of rotatable bonds is 5. The fourth-order valence-corrected chi connectivity index (χ4v) is 2.73. The quantitative estimate of drug-likeness (QED) is 0.459. The van der Waals surface area contributed by atoms with Crippen LogP contribution in [-0.2, 0) is 16.1 Å². The molecule has 7 nitrogen and oxygen atoms in total. The Hall–Kier alpha value is -2.06. The van der Waals surface area contributed by atoms with Gasteiger partial charge in [-0.2, -0.15) is 4.39 Å². The number of benzene rings is 1. The third kappa shape index (κ3) is 5.75. The minimum absolute atomic E-state index is 0.232. The summed E-state index contributed by atoms with van der Waals surface area (Å²) >= 11 is 0. The fraction of sp³-hybridized carbons (Fsp3) is 0.588. The second-order valence-corrected chi connectivity index (χ2v) is 7.15. The maximum Gasteiger partial charge on any atom is 0.320 e. The molecule has 1 saturated heterocycles. The molecule has 0 spiro atoms. The highest BCUT2D eigenvalue weighted by atomic mass is 19.1. The molecule has 138 valence electrons. The van der Waals surface area contributed by atoms with Crippen LogP contribution in [-0.4, -0.2) is 59.0 Å². The van der Waals surface area contributed by atoms with Crippen molar-refractivity contribution in [2.45, 2.75) is 32.9 Å². The largest absolute Gasteiger partial charge is 0.459 e. The summed E-state index contributed by atoms with van der Waals surface area (Å²) in [5, 5.41) is 10.8. The molecule has 0 saturated carbocycles. The summed E-state index contributed by atoms with van der Waals surface area (Å²) in [5.74, 6) is -1.03. The van der Waals surface area contributed by atoms with Crippen LogP contribution in [0.15, 0.2) is 18.2 Å². The van der Waals surface area contributed by atoms with Gasteiger partial charge in [0, 0.05) is 44.4 Å². The van der Waals surface area contributed by atoms with E-state index in [4.69, 9.17) is 4.74 Å². The topological polar surface area (TPSA) is 75.9 Å². The summed E-state index contributed by atoms with van der Waals surface area (Å²) in [6.45, 7) is 8.68. The van der Waals surface area contributed by atoms with Gasteiger partial charge >= 0.3 is 11.7 Å². The van der Waals surface area contributed by atoms with E-state index in [0.29, 0.717) is 38.3 Å². The van der Waals surface area contributed by atoms with E-state index < -0.39 is 22.0 Å². The molecule has 1 heterocycles. The van der Waals surface area contributed by atoms with Gasteiger partial charge in [0.25, 0.3) is 0 Å². The molecule has 1 aliphatic heterocycles. The molecule has 25 heavy (non-hydrogen) atoms. The van der Waals surface area contributed by atoms with Crippen LogP contribution in [0.5, 0.6) is 0 Å². The maximum absolute atomic E-state index is 14.1. The SMILES string of the molecule is CC(C)(C)OC(=O)CN1CCN(Cc2cccc([N+](=O)[O-])c2F)CC1. The lowest BCUT2D eigenvalue weighted by Crippen LogP contribution is -2.48. The first kappa shape index (κ1) is 19.3. The van der Waals surface area contributed by atoms with E-state index in [1.54, 1.807) is 6.07 Å². The van der Waals surface area contributed by atoms with Crippen LogP contribution in [0.3, 0.4) is 0 Å². The van der Waals surface area contributed by atoms with Crippen molar-refractivity contribution >= 4 is 11.7 Å². The van der Waals surface area contributed by atoms with E-state index in [-0.39, 0.29) is 12.5 Å². The molecule has 1 aliphatic rings. The van der Waals surface area contributed by atoms with Crippen LogP contribution in [0.2, 0.25) is 0 Å². The third-order valence-corrected chi connectivity index (χ3v) is 3.89. The zero-order valence-electron chi connectivity index (χ0n) is 14.8. The lowest BCUT2D eigenvalue weighted by Gasteiger charge is -2.34. The van der Waals surface area contributed by atoms with Crippen LogP contribution < -0.4 is 0 Å². The molecule has 0 N–H and O–H groups in total. The van der Waals surface area contributed by atoms with Gasteiger partial charge in [-0.25, -0.2) is 0 Å². The van der Waals surface area contributed by atoms with Crippen molar-refractivity contribution < 1.29 is 18.8 Å². The Morgan fingerprint density at radius 2 is 1.84 bits per heavy atom. The molecule has 8 heteroatoms. The van der Waals surface area contributed by atoms with Crippen molar-refractivity contribution in [1.29, 1.82) is 0 Å². The standard InChI is InChI=1S/C17H24FN3O4/c1-17(2,3)25-15(22)12-20-9-7-19(8-10-20)11-13-5-4-6-14(16(13)18)21(23)24/h4-6H,7-12H2,1-3H3. The maximum atomic E-state index is 14.1. The fourth-order valence-electron chi connectivity index (χ4n) is 2.73. The highest BCUT2D eigenvalue weighted by Gasteiger charge is 2.24. The van der Waals surface area contributed by atoms with Crippen molar-refractivity contribution in [1.82, 2.24) is 9.80 Å². The van der Waals surface area contributed by atoms with Gasteiger partial charge in [-0.15, -0.1) is 0 Å². The molecule has 0 radical (unpaired) electrons. The Labute approximate surface area is 146 Å². The van der Waals surface area contributed by atoms with Crippen LogP contribution in [0.1, 0.15) is 26.3 Å². The molecule has 1 aromatic rings. The van der Waals surface area contributed by atoms with Gasteiger partial charge in [-0.3, -0.25) is 24.7 Å². The van der Waals surface area contributed by atoms with Gasteiger partial charge in [-0.05, 0) is 20.8 Å². The molecule has 0 aromatic heterocycles. The molecule has 0 amide bonds. The van der Waals surface area contributed by atoms with Crippen LogP contribution in [0.4, 0.5) is 10.1 Å². The van der Waals surface area contributed by atoms with Crippen molar-refractivity contribution in [3.63, 3.8) is 0 Å². The predicted octanol–water partition coefficient (Wildman–Crippen LogP) is 2.19. The minimum atomic E-state index is -0.774. The lowest BCUT2D eigenvalue weighted by atomic mass is 10.1. The van der Waals surface area contributed by atoms with Crippen molar-refractivity contribution in [3.05, 3.63) is 39.7 Å². The molecular formula is C17H24FN3O4. The van der Waals surface area contributed by atoms with Gasteiger partial charge in [0.1, 0.15) is 5.60 Å². The molecule has 0 bridgehead atoms. The first-order chi connectivity index (χ1) is 11.7. The van der Waals surface area contributed by atoms with Gasteiger partial charge < -0.3 is 4.74 Å². The van der Waals surface area contributed by atoms with Crippen molar-refractivity contribution in [2.75, 3.05) is 32.7 Å². The molecule has 1 fully saturated rings. The lowest BCUT2D eigenvalue weighted by molar-refractivity contribution is -0.387. The highest BCUT2D eigenvalue weighted by Crippen LogP contribution is 2.21. The Bertz CT molecular complexity index is 637. The van der Waals surface area contributed by atoms with Crippen molar-refractivity contribution in [2.24, 2.45) is 0 Å². The smallest absolute Gasteiger partial charge is 0.320 e. The zero-order valence-corrected chi connectivity index (χ0v) is 14.8. The zero-order chi connectivity index (χ0) is 18.6. The average molecular weight is 353 g/mol. The number of esters is 1. The Balaban J connectivity index is 1.86. The number of piperazine rings is 1. The Kier molecular flexibility index (Phi) is 6.07. The predicted molar refractivity (Wildman–Crippen MR) is 90.6 cm³/mol. The minimum Gasteiger partial charge on any atom is -0.459 e. The second kappa shape index (κ2) is 7.88. The van der Waals surface area contributed by atoms with Gasteiger partial charge in [0.15, 0.2) is 0 Å². The molecule has 1 aromatic carbocycles. The number of ether oxygens (including phenoxy) is 1. The van der Waals surface area contributed by atoms with Gasteiger partial charge in [0.05, 0.1) is 11.5 Å². The number of hydrogen-bond acceptors (Lipinski definition) is 6. The molecule has 0 aliphatic carbocycles. The number of nitro benzene ring substituents is 1. The molecule has 0 atom stereocenters. The van der Waals surface area contributed by atoms with Crippen LogP contribution in [0, 0.1) is 15.9 Å². The summed E-state index contributed by atoms with van der Waals surface area (Å²) < 4.78 is 19.5. The van der Waals surface area contributed by atoms with Gasteiger partial charge in [-0.1, -0.05) is 12.1 Å². The molecule has 0 unspecified atom stereocenters. The Morgan fingerprint density at radius 3 is 2.40 bits per heavy atom. The monoisotopic (exact) mass is 353 g/mol. The summed E-state index contributed by atoms with van der Waals surface area (Å²) in [5.41, 5.74) is -0.686. The molecular weight excluding hydrogens is 329 g/mol. The van der Waals surface area contributed by atoms with E-state index in [1.807, 2.05) is 30.6 Å². The highest BCUT2D eigenvalue weighted by molar-refractivity contribution is 5.72. The van der Waals surface area contributed by atoms with E-state index in [0.717, 1.165) is 6.07 Å². The van der Waals surface area contributed by atoms with E-state index in [1.165, 1.54) is 6.07 Å². The number of hydrogen-bond donors (Lipinski definition) is 0. The number of halogens is 1. The summed E-state index contributed by atoms with van der Waals surface area (Å²) in [7, 11) is 0. The van der Waals surface area contributed by atoms with Crippen LogP contribution in [0.25, 0.3) is 0 Å². The number of carbonyl (C=O) groups excluding carboxylic acids is 1. The average Bonchev–Trinajstić information content (AvgIpc) is 2.49.